The molecule has 0 amide bonds. The van der Waals surface area contributed by atoms with Gasteiger partial charge in [-0.2, -0.15) is 5.26 Å². The molecule has 0 saturated carbocycles. The van der Waals surface area contributed by atoms with Crippen LogP contribution in [0.4, 0.5) is 0 Å². The Morgan fingerprint density at radius 2 is 2.16 bits per heavy atom. The summed E-state index contributed by atoms with van der Waals surface area (Å²) in [5.41, 5.74) is 1.56. The van der Waals surface area contributed by atoms with Crippen LogP contribution in [0.3, 0.4) is 0 Å². The minimum atomic E-state index is -0.245. The van der Waals surface area contributed by atoms with E-state index in [1.807, 2.05) is 12.1 Å². The molecular weight excluding hydrogens is 242 g/mol. The van der Waals surface area contributed by atoms with Gasteiger partial charge >= 0.3 is 5.69 Å². The summed E-state index contributed by atoms with van der Waals surface area (Å²) in [5, 5.41) is 13.2. The minimum Gasteiger partial charge on any atom is -0.259 e. The van der Waals surface area contributed by atoms with Crippen molar-refractivity contribution in [3.8, 4) is 6.07 Å². The fraction of sp³-hybridized carbons (Fsp3) is 0.0769. The average Bonchev–Trinajstić information content (AvgIpc) is 2.77. The highest BCUT2D eigenvalue weighted by Gasteiger charge is 2.08. The highest BCUT2D eigenvalue weighted by molar-refractivity contribution is 5.38. The highest BCUT2D eigenvalue weighted by Crippen LogP contribution is 2.08. The number of nitrogens with zero attached hydrogens (tertiary/aromatic N) is 5. The van der Waals surface area contributed by atoms with Crippen molar-refractivity contribution in [1.29, 1.82) is 5.26 Å². The van der Waals surface area contributed by atoms with Crippen molar-refractivity contribution in [2.24, 2.45) is 0 Å². The van der Waals surface area contributed by atoms with E-state index < -0.39 is 0 Å². The van der Waals surface area contributed by atoms with Gasteiger partial charge in [-0.25, -0.2) is 13.9 Å². The topological polar surface area (TPSA) is 76.0 Å². The molecule has 0 aliphatic heterocycles. The van der Waals surface area contributed by atoms with Crippen molar-refractivity contribution < 1.29 is 0 Å². The van der Waals surface area contributed by atoms with Crippen LogP contribution in [0.2, 0.25) is 0 Å². The van der Waals surface area contributed by atoms with Crippen LogP contribution in [0.5, 0.6) is 0 Å². The van der Waals surface area contributed by atoms with Crippen molar-refractivity contribution in [1.82, 2.24) is 19.2 Å². The van der Waals surface area contributed by atoms with Crippen LogP contribution in [0.15, 0.2) is 47.7 Å². The number of benzene rings is 1. The molecule has 0 aliphatic rings. The van der Waals surface area contributed by atoms with Gasteiger partial charge in [0.05, 0.1) is 24.4 Å². The molecule has 1 aromatic carbocycles. The fourth-order valence-corrected chi connectivity index (χ4v) is 1.91. The summed E-state index contributed by atoms with van der Waals surface area (Å²) < 4.78 is 2.75. The zero-order valence-corrected chi connectivity index (χ0v) is 9.89. The molecule has 0 saturated heterocycles. The first kappa shape index (κ1) is 11.2. The second kappa shape index (κ2) is 4.38. The van der Waals surface area contributed by atoms with Gasteiger partial charge in [0.1, 0.15) is 0 Å². The van der Waals surface area contributed by atoms with E-state index in [9.17, 15) is 4.79 Å². The van der Waals surface area contributed by atoms with E-state index >= 15 is 0 Å². The van der Waals surface area contributed by atoms with Crippen molar-refractivity contribution in [2.45, 2.75) is 6.54 Å². The molecule has 0 bridgehead atoms. The van der Waals surface area contributed by atoms with E-state index in [1.54, 1.807) is 18.3 Å². The maximum absolute atomic E-state index is 12.1. The Morgan fingerprint density at radius 1 is 1.32 bits per heavy atom. The lowest BCUT2D eigenvalue weighted by molar-refractivity contribution is 0.658. The van der Waals surface area contributed by atoms with Gasteiger partial charge < -0.3 is 0 Å². The molecule has 0 radical (unpaired) electrons. The van der Waals surface area contributed by atoms with Crippen LogP contribution < -0.4 is 5.69 Å². The third kappa shape index (κ3) is 1.87. The zero-order chi connectivity index (χ0) is 13.2. The Morgan fingerprint density at radius 3 is 2.95 bits per heavy atom. The van der Waals surface area contributed by atoms with Crippen molar-refractivity contribution in [3.63, 3.8) is 0 Å². The third-order valence-corrected chi connectivity index (χ3v) is 2.85. The summed E-state index contributed by atoms with van der Waals surface area (Å²) in [6, 6.07) is 9.26. The Bertz CT molecular complexity index is 840. The number of nitriles is 1. The lowest BCUT2D eigenvalue weighted by Crippen LogP contribution is -2.21. The first-order chi connectivity index (χ1) is 9.29. The standard InChI is InChI=1S/C13H9N5O/c14-7-10-3-1-2-4-11(10)9-18-13(19)17-6-5-15-8-12(17)16-18/h1-6,8H,9H2. The first-order valence-electron chi connectivity index (χ1n) is 5.67. The maximum Gasteiger partial charge on any atom is 0.350 e. The lowest BCUT2D eigenvalue weighted by atomic mass is 10.1. The van der Waals surface area contributed by atoms with Crippen molar-refractivity contribution in [3.05, 3.63) is 64.5 Å². The predicted octanol–water partition coefficient (Wildman–Crippen LogP) is 0.811. The Labute approximate surface area is 108 Å². The summed E-state index contributed by atoms with van der Waals surface area (Å²) in [4.78, 5) is 16.0. The second-order valence-electron chi connectivity index (χ2n) is 4.01. The number of rotatable bonds is 2. The van der Waals surface area contributed by atoms with Gasteiger partial charge in [-0.1, -0.05) is 18.2 Å². The molecule has 3 aromatic rings. The van der Waals surface area contributed by atoms with E-state index in [2.05, 4.69) is 16.2 Å². The van der Waals surface area contributed by atoms with E-state index in [1.165, 1.54) is 21.5 Å². The number of aromatic nitrogens is 4. The zero-order valence-electron chi connectivity index (χ0n) is 9.89. The summed E-state index contributed by atoms with van der Waals surface area (Å²) in [6.45, 7) is 0.268. The Kier molecular flexibility index (Phi) is 2.58. The SMILES string of the molecule is N#Cc1ccccc1Cn1nc2cnccn2c1=O. The molecule has 0 atom stereocenters. The predicted molar refractivity (Wildman–Crippen MR) is 67.5 cm³/mol. The third-order valence-electron chi connectivity index (χ3n) is 2.85. The molecule has 0 spiro atoms. The lowest BCUT2D eigenvalue weighted by Gasteiger charge is -2.01. The molecule has 19 heavy (non-hydrogen) atoms. The van der Waals surface area contributed by atoms with E-state index in [0.717, 1.165) is 5.56 Å². The summed E-state index contributed by atoms with van der Waals surface area (Å²) in [6.07, 6.45) is 4.62. The minimum absolute atomic E-state index is 0.245. The maximum atomic E-state index is 12.1. The van der Waals surface area contributed by atoms with Crippen LogP contribution in [0.1, 0.15) is 11.1 Å². The van der Waals surface area contributed by atoms with Crippen LogP contribution in [-0.2, 0) is 6.54 Å². The molecule has 6 heteroatoms. The molecule has 0 fully saturated rings. The molecule has 2 heterocycles. The number of hydrogen-bond acceptors (Lipinski definition) is 4. The quantitative estimate of drug-likeness (QED) is 0.675. The first-order valence-corrected chi connectivity index (χ1v) is 5.67. The van der Waals surface area contributed by atoms with Crippen LogP contribution in [0, 0.1) is 11.3 Å². The molecule has 3 rings (SSSR count). The Balaban J connectivity index is 2.09. The van der Waals surface area contributed by atoms with Gasteiger partial charge in [0.25, 0.3) is 0 Å². The summed E-state index contributed by atoms with van der Waals surface area (Å²) in [5.74, 6) is 0. The molecule has 92 valence electrons. The van der Waals surface area contributed by atoms with Gasteiger partial charge in [0.2, 0.25) is 0 Å². The van der Waals surface area contributed by atoms with Gasteiger partial charge in [-0.15, -0.1) is 5.10 Å². The van der Waals surface area contributed by atoms with Gasteiger partial charge in [-0.3, -0.25) is 4.98 Å². The van der Waals surface area contributed by atoms with E-state index in [-0.39, 0.29) is 12.2 Å². The molecule has 6 nitrogen and oxygen atoms in total. The fourth-order valence-electron chi connectivity index (χ4n) is 1.91. The summed E-state index contributed by atoms with van der Waals surface area (Å²) in [7, 11) is 0. The van der Waals surface area contributed by atoms with Gasteiger partial charge in [0.15, 0.2) is 5.65 Å². The second-order valence-corrected chi connectivity index (χ2v) is 4.01. The van der Waals surface area contributed by atoms with Crippen LogP contribution >= 0.6 is 0 Å². The summed E-state index contributed by atoms with van der Waals surface area (Å²) >= 11 is 0. The van der Waals surface area contributed by atoms with Gasteiger partial charge in [0, 0.05) is 12.4 Å². The van der Waals surface area contributed by atoms with Crippen LogP contribution in [0.25, 0.3) is 5.65 Å². The van der Waals surface area contributed by atoms with E-state index in [0.29, 0.717) is 11.2 Å². The Hall–Kier alpha value is -2.94. The number of fused-ring (bicyclic) bond motifs is 1. The highest BCUT2D eigenvalue weighted by atomic mass is 16.2. The van der Waals surface area contributed by atoms with E-state index in [4.69, 9.17) is 5.26 Å². The monoisotopic (exact) mass is 251 g/mol. The largest absolute Gasteiger partial charge is 0.350 e. The molecule has 0 aliphatic carbocycles. The van der Waals surface area contributed by atoms with Gasteiger partial charge in [-0.05, 0) is 11.6 Å². The molecule has 2 aromatic heterocycles. The molecular formula is C13H9N5O. The smallest absolute Gasteiger partial charge is 0.259 e. The van der Waals surface area contributed by atoms with Crippen molar-refractivity contribution in [2.75, 3.05) is 0 Å². The normalized spacial score (nSPS) is 10.5. The molecule has 0 N–H and O–H groups in total. The van der Waals surface area contributed by atoms with Crippen molar-refractivity contribution >= 4 is 5.65 Å². The molecule has 0 unspecified atom stereocenters. The number of hydrogen-bond donors (Lipinski definition) is 0. The average molecular weight is 251 g/mol. The van der Waals surface area contributed by atoms with Crippen LogP contribution in [-0.4, -0.2) is 19.2 Å².